The monoisotopic (exact) mass is 347 g/mol. The summed E-state index contributed by atoms with van der Waals surface area (Å²) < 4.78 is 0.846. The van der Waals surface area contributed by atoms with Crippen molar-refractivity contribution in [3.05, 3.63) is 64.1 Å². The largest absolute Gasteiger partial charge is 0.481 e. The zero-order chi connectivity index (χ0) is 15.2. The molecule has 0 aromatic heterocycles. The summed E-state index contributed by atoms with van der Waals surface area (Å²) in [5, 5.41) is 11.4. The molecule has 0 aliphatic heterocycles. The van der Waals surface area contributed by atoms with Crippen LogP contribution >= 0.6 is 15.9 Å². The molecule has 0 atom stereocenters. The number of hydrogen-bond donors (Lipinski definition) is 2. The Bertz CT molecular complexity index is 653. The van der Waals surface area contributed by atoms with E-state index in [0.29, 0.717) is 17.7 Å². The van der Waals surface area contributed by atoms with Crippen molar-refractivity contribution in [3.8, 4) is 0 Å². The number of carbonyl (C=O) groups excluding carboxylic acids is 1. The second kappa shape index (κ2) is 7.04. The average molecular weight is 348 g/mol. The van der Waals surface area contributed by atoms with Gasteiger partial charge < -0.3 is 10.4 Å². The van der Waals surface area contributed by atoms with Crippen molar-refractivity contribution < 1.29 is 14.7 Å². The molecule has 5 heteroatoms. The Labute approximate surface area is 130 Å². The van der Waals surface area contributed by atoms with Crippen molar-refractivity contribution in [1.29, 1.82) is 0 Å². The lowest BCUT2D eigenvalue weighted by Gasteiger charge is -2.06. The van der Waals surface area contributed by atoms with Crippen LogP contribution in [-0.4, -0.2) is 17.0 Å². The average Bonchev–Trinajstić information content (AvgIpc) is 2.46. The van der Waals surface area contributed by atoms with Gasteiger partial charge in [0.15, 0.2) is 0 Å². The molecule has 2 aromatic carbocycles. The number of amides is 1. The van der Waals surface area contributed by atoms with Crippen LogP contribution in [0.1, 0.15) is 22.3 Å². The standard InChI is InChI=1S/C16H14BrNO3/c17-13-3-1-2-12(10-13)16(21)18-14-7-4-11(5-8-14)6-9-15(19)20/h1-5,7-8,10H,6,9H2,(H,18,21)(H,19,20). The lowest BCUT2D eigenvalue weighted by molar-refractivity contribution is -0.136. The number of nitrogens with one attached hydrogen (secondary N) is 1. The van der Waals surface area contributed by atoms with Crippen LogP contribution in [0.25, 0.3) is 0 Å². The third-order valence-electron chi connectivity index (χ3n) is 2.93. The molecule has 2 rings (SSSR count). The van der Waals surface area contributed by atoms with Gasteiger partial charge in [0.25, 0.3) is 5.91 Å². The van der Waals surface area contributed by atoms with Crippen LogP contribution in [0.15, 0.2) is 53.0 Å². The summed E-state index contributed by atoms with van der Waals surface area (Å²) in [5.74, 6) is -1.00. The van der Waals surface area contributed by atoms with Crippen molar-refractivity contribution in [1.82, 2.24) is 0 Å². The van der Waals surface area contributed by atoms with E-state index in [4.69, 9.17) is 5.11 Å². The molecule has 0 saturated carbocycles. The molecule has 2 aromatic rings. The number of carboxylic acids is 1. The SMILES string of the molecule is O=C(O)CCc1ccc(NC(=O)c2cccc(Br)c2)cc1. The molecule has 0 aliphatic rings. The maximum absolute atomic E-state index is 12.1. The molecule has 4 nitrogen and oxygen atoms in total. The van der Waals surface area contributed by atoms with Gasteiger partial charge in [0.2, 0.25) is 0 Å². The Kier molecular flexibility index (Phi) is 5.11. The molecule has 0 saturated heterocycles. The van der Waals surface area contributed by atoms with Crippen LogP contribution in [0.4, 0.5) is 5.69 Å². The Morgan fingerprint density at radius 2 is 1.81 bits per heavy atom. The van der Waals surface area contributed by atoms with Crippen molar-refractivity contribution in [2.75, 3.05) is 5.32 Å². The molecule has 21 heavy (non-hydrogen) atoms. The van der Waals surface area contributed by atoms with Gasteiger partial charge in [-0.2, -0.15) is 0 Å². The fourth-order valence-corrected chi connectivity index (χ4v) is 2.24. The number of hydrogen-bond acceptors (Lipinski definition) is 2. The highest BCUT2D eigenvalue weighted by Gasteiger charge is 2.06. The first-order valence-corrected chi connectivity index (χ1v) is 7.21. The maximum Gasteiger partial charge on any atom is 0.303 e. The minimum atomic E-state index is -0.818. The predicted molar refractivity (Wildman–Crippen MR) is 84.5 cm³/mol. The first-order chi connectivity index (χ1) is 10.0. The molecular weight excluding hydrogens is 334 g/mol. The topological polar surface area (TPSA) is 66.4 Å². The fraction of sp³-hybridized carbons (Fsp3) is 0.125. The zero-order valence-corrected chi connectivity index (χ0v) is 12.8. The third-order valence-corrected chi connectivity index (χ3v) is 3.42. The number of aryl methyl sites for hydroxylation is 1. The number of anilines is 1. The highest BCUT2D eigenvalue weighted by Crippen LogP contribution is 2.15. The normalized spacial score (nSPS) is 10.1. The predicted octanol–water partition coefficient (Wildman–Crippen LogP) is 3.72. The second-order valence-electron chi connectivity index (χ2n) is 4.56. The van der Waals surface area contributed by atoms with Gasteiger partial charge in [-0.3, -0.25) is 9.59 Å². The molecule has 1 amide bonds. The summed E-state index contributed by atoms with van der Waals surface area (Å²) in [6.45, 7) is 0. The second-order valence-corrected chi connectivity index (χ2v) is 5.47. The summed E-state index contributed by atoms with van der Waals surface area (Å²) in [6.07, 6.45) is 0.582. The van der Waals surface area contributed by atoms with E-state index in [0.717, 1.165) is 10.0 Å². The molecule has 0 bridgehead atoms. The minimum Gasteiger partial charge on any atom is -0.481 e. The molecule has 0 unspecified atom stereocenters. The van der Waals surface area contributed by atoms with Gasteiger partial charge in [0.1, 0.15) is 0 Å². The van der Waals surface area contributed by atoms with E-state index in [1.54, 1.807) is 30.3 Å². The van der Waals surface area contributed by atoms with Crippen molar-refractivity contribution in [2.45, 2.75) is 12.8 Å². The minimum absolute atomic E-state index is 0.101. The van der Waals surface area contributed by atoms with E-state index in [-0.39, 0.29) is 12.3 Å². The van der Waals surface area contributed by atoms with Crippen molar-refractivity contribution in [3.63, 3.8) is 0 Å². The quantitative estimate of drug-likeness (QED) is 0.866. The van der Waals surface area contributed by atoms with Crippen LogP contribution in [0.2, 0.25) is 0 Å². The van der Waals surface area contributed by atoms with Crippen molar-refractivity contribution in [2.24, 2.45) is 0 Å². The smallest absolute Gasteiger partial charge is 0.303 e. The molecule has 0 aliphatic carbocycles. The summed E-state index contributed by atoms with van der Waals surface area (Å²) in [6, 6.07) is 14.3. The summed E-state index contributed by atoms with van der Waals surface area (Å²) in [7, 11) is 0. The number of carboxylic acid groups (broad SMARTS) is 1. The summed E-state index contributed by atoms with van der Waals surface area (Å²) in [4.78, 5) is 22.6. The van der Waals surface area contributed by atoms with Gasteiger partial charge in [0, 0.05) is 22.1 Å². The van der Waals surface area contributed by atoms with Gasteiger partial charge in [0.05, 0.1) is 0 Å². The van der Waals surface area contributed by atoms with Crippen LogP contribution in [0.3, 0.4) is 0 Å². The molecular formula is C16H14BrNO3. The highest BCUT2D eigenvalue weighted by atomic mass is 79.9. The number of aliphatic carboxylic acids is 1. The first-order valence-electron chi connectivity index (χ1n) is 6.42. The molecule has 0 fully saturated rings. The Morgan fingerprint density at radius 3 is 2.43 bits per heavy atom. The number of benzene rings is 2. The zero-order valence-electron chi connectivity index (χ0n) is 11.2. The van der Waals surface area contributed by atoms with E-state index in [2.05, 4.69) is 21.2 Å². The van der Waals surface area contributed by atoms with Crippen LogP contribution in [0, 0.1) is 0 Å². The maximum atomic E-state index is 12.1. The number of rotatable bonds is 5. The van der Waals surface area contributed by atoms with E-state index in [9.17, 15) is 9.59 Å². The molecule has 108 valence electrons. The molecule has 2 N–H and O–H groups in total. The van der Waals surface area contributed by atoms with Crippen LogP contribution in [0.5, 0.6) is 0 Å². The van der Waals surface area contributed by atoms with E-state index < -0.39 is 5.97 Å². The first kappa shape index (κ1) is 15.3. The van der Waals surface area contributed by atoms with Crippen LogP contribution in [-0.2, 0) is 11.2 Å². The fourth-order valence-electron chi connectivity index (χ4n) is 1.84. The van der Waals surface area contributed by atoms with Crippen molar-refractivity contribution >= 4 is 33.5 Å². The van der Waals surface area contributed by atoms with Gasteiger partial charge in [-0.05, 0) is 42.3 Å². The Hall–Kier alpha value is -2.14. The molecule has 0 heterocycles. The lowest BCUT2D eigenvalue weighted by atomic mass is 10.1. The van der Waals surface area contributed by atoms with E-state index in [1.165, 1.54) is 0 Å². The van der Waals surface area contributed by atoms with Gasteiger partial charge >= 0.3 is 5.97 Å². The third kappa shape index (κ3) is 4.72. The highest BCUT2D eigenvalue weighted by molar-refractivity contribution is 9.10. The van der Waals surface area contributed by atoms with Crippen LogP contribution < -0.4 is 5.32 Å². The molecule has 0 spiro atoms. The van der Waals surface area contributed by atoms with E-state index >= 15 is 0 Å². The number of halogens is 1. The van der Waals surface area contributed by atoms with E-state index in [1.807, 2.05) is 18.2 Å². The lowest BCUT2D eigenvalue weighted by Crippen LogP contribution is -2.11. The van der Waals surface area contributed by atoms with Gasteiger partial charge in [-0.1, -0.05) is 34.1 Å². The van der Waals surface area contributed by atoms with Gasteiger partial charge in [-0.15, -0.1) is 0 Å². The Morgan fingerprint density at radius 1 is 1.10 bits per heavy atom. The number of carbonyl (C=O) groups is 2. The summed E-state index contributed by atoms with van der Waals surface area (Å²) >= 11 is 3.33. The van der Waals surface area contributed by atoms with Gasteiger partial charge in [-0.25, -0.2) is 0 Å². The summed E-state index contributed by atoms with van der Waals surface area (Å²) in [5.41, 5.74) is 2.18. The Balaban J connectivity index is 2.00. The molecule has 0 radical (unpaired) electrons.